The molecular weight excluding hydrogens is 242 g/mol. The maximum absolute atomic E-state index is 12.2. The number of hydrogen-bond acceptors (Lipinski definition) is 3. The van der Waals surface area contributed by atoms with E-state index in [1.807, 2.05) is 4.90 Å². The zero-order valence-electron chi connectivity index (χ0n) is 12.2. The zero-order chi connectivity index (χ0) is 13.7. The second kappa shape index (κ2) is 7.10. The summed E-state index contributed by atoms with van der Waals surface area (Å²) in [6.45, 7) is 8.52. The molecule has 2 aliphatic heterocycles. The Labute approximate surface area is 116 Å². The molecule has 5 nitrogen and oxygen atoms in total. The van der Waals surface area contributed by atoms with Crippen molar-refractivity contribution in [3.8, 4) is 0 Å². The van der Waals surface area contributed by atoms with Crippen LogP contribution < -0.4 is 10.6 Å². The van der Waals surface area contributed by atoms with Crippen molar-refractivity contribution in [3.05, 3.63) is 0 Å². The lowest BCUT2D eigenvalue weighted by molar-refractivity contribution is 0.155. The number of amides is 2. The fourth-order valence-corrected chi connectivity index (χ4v) is 2.73. The largest absolute Gasteiger partial charge is 0.379 e. The summed E-state index contributed by atoms with van der Waals surface area (Å²) in [5.41, 5.74) is 0. The number of carbonyl (C=O) groups is 1. The number of urea groups is 1. The van der Waals surface area contributed by atoms with Crippen molar-refractivity contribution in [2.24, 2.45) is 5.92 Å². The number of piperidine rings is 1. The number of ether oxygens (including phenoxy) is 1. The summed E-state index contributed by atoms with van der Waals surface area (Å²) >= 11 is 0. The van der Waals surface area contributed by atoms with Gasteiger partial charge in [0.05, 0.1) is 12.6 Å². The van der Waals surface area contributed by atoms with Gasteiger partial charge in [0.1, 0.15) is 0 Å². The molecule has 0 aromatic rings. The number of nitrogens with zero attached hydrogens (tertiary/aromatic N) is 1. The van der Waals surface area contributed by atoms with Crippen molar-refractivity contribution in [1.29, 1.82) is 0 Å². The van der Waals surface area contributed by atoms with Crippen LogP contribution in [0.2, 0.25) is 0 Å². The molecule has 2 amide bonds. The third kappa shape index (κ3) is 4.66. The van der Waals surface area contributed by atoms with Crippen LogP contribution in [0.25, 0.3) is 0 Å². The summed E-state index contributed by atoms with van der Waals surface area (Å²) in [5, 5.41) is 6.54. The van der Waals surface area contributed by atoms with Gasteiger partial charge in [-0.2, -0.15) is 0 Å². The smallest absolute Gasteiger partial charge is 0.317 e. The van der Waals surface area contributed by atoms with Crippen LogP contribution in [0.5, 0.6) is 0 Å². The van der Waals surface area contributed by atoms with Gasteiger partial charge < -0.3 is 20.3 Å². The summed E-state index contributed by atoms with van der Waals surface area (Å²) < 4.78 is 5.29. The van der Waals surface area contributed by atoms with Gasteiger partial charge in [-0.05, 0) is 31.7 Å². The Balaban J connectivity index is 1.74. The number of hydrogen-bond donors (Lipinski definition) is 2. The quantitative estimate of drug-likeness (QED) is 0.806. The topological polar surface area (TPSA) is 53.6 Å². The van der Waals surface area contributed by atoms with Crippen LogP contribution in [0.4, 0.5) is 4.79 Å². The van der Waals surface area contributed by atoms with E-state index in [1.54, 1.807) is 0 Å². The van der Waals surface area contributed by atoms with E-state index in [1.165, 1.54) is 6.42 Å². The summed E-state index contributed by atoms with van der Waals surface area (Å²) in [6, 6.07) is 0.811. The maximum atomic E-state index is 12.2. The molecule has 0 aromatic carbocycles. The van der Waals surface area contributed by atoms with Gasteiger partial charge in [-0.15, -0.1) is 0 Å². The molecule has 19 heavy (non-hydrogen) atoms. The molecule has 2 rings (SSSR count). The van der Waals surface area contributed by atoms with Gasteiger partial charge in [0.25, 0.3) is 0 Å². The number of likely N-dealkylation sites (tertiary alicyclic amines) is 1. The first-order valence-electron chi connectivity index (χ1n) is 7.51. The first-order chi connectivity index (χ1) is 9.15. The highest BCUT2D eigenvalue weighted by Gasteiger charge is 2.26. The molecular formula is C14H27N3O2. The Bertz CT molecular complexity index is 290. The highest BCUT2D eigenvalue weighted by molar-refractivity contribution is 5.74. The molecule has 0 bridgehead atoms. The predicted octanol–water partition coefficient (Wildman–Crippen LogP) is 1.19. The molecule has 2 fully saturated rings. The van der Waals surface area contributed by atoms with Crippen LogP contribution in [-0.4, -0.2) is 55.9 Å². The summed E-state index contributed by atoms with van der Waals surface area (Å²) in [7, 11) is 0. The van der Waals surface area contributed by atoms with E-state index in [2.05, 4.69) is 24.5 Å². The van der Waals surface area contributed by atoms with Gasteiger partial charge >= 0.3 is 6.03 Å². The second-order valence-corrected chi connectivity index (χ2v) is 6.03. The summed E-state index contributed by atoms with van der Waals surface area (Å²) in [5.74, 6) is 0.585. The molecule has 0 radical (unpaired) electrons. The molecule has 2 N–H and O–H groups in total. The fourth-order valence-electron chi connectivity index (χ4n) is 2.73. The lowest BCUT2D eigenvalue weighted by Gasteiger charge is -2.34. The SMILES string of the molecule is CC(C)NCC1CCCN(C(=O)NC2CCOC2)C1. The summed E-state index contributed by atoms with van der Waals surface area (Å²) in [6.07, 6.45) is 3.27. The zero-order valence-corrected chi connectivity index (χ0v) is 12.2. The van der Waals surface area contributed by atoms with Crippen molar-refractivity contribution in [2.45, 2.75) is 45.2 Å². The van der Waals surface area contributed by atoms with Gasteiger partial charge in [0.15, 0.2) is 0 Å². The highest BCUT2D eigenvalue weighted by atomic mass is 16.5. The van der Waals surface area contributed by atoms with Gasteiger partial charge in [-0.1, -0.05) is 13.8 Å². The van der Waals surface area contributed by atoms with Crippen LogP contribution in [0.1, 0.15) is 33.1 Å². The molecule has 2 atom stereocenters. The van der Waals surface area contributed by atoms with Crippen molar-refractivity contribution >= 4 is 6.03 Å². The highest BCUT2D eigenvalue weighted by Crippen LogP contribution is 2.16. The Hall–Kier alpha value is -0.810. The van der Waals surface area contributed by atoms with E-state index in [0.29, 0.717) is 18.6 Å². The first kappa shape index (κ1) is 14.6. The summed E-state index contributed by atoms with van der Waals surface area (Å²) in [4.78, 5) is 14.1. The number of rotatable bonds is 4. The molecule has 0 saturated carbocycles. The number of carbonyl (C=O) groups excluding carboxylic acids is 1. The minimum absolute atomic E-state index is 0.0877. The lowest BCUT2D eigenvalue weighted by atomic mass is 9.98. The Morgan fingerprint density at radius 1 is 1.42 bits per heavy atom. The second-order valence-electron chi connectivity index (χ2n) is 6.03. The predicted molar refractivity (Wildman–Crippen MR) is 75.2 cm³/mol. The van der Waals surface area contributed by atoms with Crippen LogP contribution >= 0.6 is 0 Å². The third-order valence-corrected chi connectivity index (χ3v) is 3.88. The average Bonchev–Trinajstić information content (AvgIpc) is 2.89. The minimum atomic E-state index is 0.0877. The van der Waals surface area contributed by atoms with Crippen molar-refractivity contribution < 1.29 is 9.53 Å². The van der Waals surface area contributed by atoms with Crippen molar-refractivity contribution in [3.63, 3.8) is 0 Å². The van der Waals surface area contributed by atoms with Gasteiger partial charge in [-0.3, -0.25) is 0 Å². The molecule has 2 aliphatic rings. The standard InChI is InChI=1S/C14H27N3O2/c1-11(2)15-8-12-4-3-6-17(9-12)14(18)16-13-5-7-19-10-13/h11-13,15H,3-10H2,1-2H3,(H,16,18). The molecule has 0 spiro atoms. The van der Waals surface area contributed by atoms with E-state index in [9.17, 15) is 4.79 Å². The van der Waals surface area contributed by atoms with Crippen molar-refractivity contribution in [2.75, 3.05) is 32.8 Å². The normalized spacial score (nSPS) is 27.8. The number of nitrogens with one attached hydrogen (secondary N) is 2. The monoisotopic (exact) mass is 269 g/mol. The fraction of sp³-hybridized carbons (Fsp3) is 0.929. The van der Waals surface area contributed by atoms with E-state index < -0.39 is 0 Å². The third-order valence-electron chi connectivity index (χ3n) is 3.88. The minimum Gasteiger partial charge on any atom is -0.379 e. The molecule has 0 aliphatic carbocycles. The first-order valence-corrected chi connectivity index (χ1v) is 7.51. The Morgan fingerprint density at radius 3 is 2.95 bits per heavy atom. The molecule has 110 valence electrons. The molecule has 5 heteroatoms. The maximum Gasteiger partial charge on any atom is 0.317 e. The van der Waals surface area contributed by atoms with Crippen LogP contribution in [0.3, 0.4) is 0 Å². The Morgan fingerprint density at radius 2 is 2.26 bits per heavy atom. The van der Waals surface area contributed by atoms with Crippen LogP contribution in [0, 0.1) is 5.92 Å². The van der Waals surface area contributed by atoms with Gasteiger partial charge in [0, 0.05) is 25.7 Å². The van der Waals surface area contributed by atoms with Crippen molar-refractivity contribution in [1.82, 2.24) is 15.5 Å². The van der Waals surface area contributed by atoms with E-state index >= 15 is 0 Å². The van der Waals surface area contributed by atoms with Crippen LogP contribution in [0.15, 0.2) is 0 Å². The van der Waals surface area contributed by atoms with Crippen LogP contribution in [-0.2, 0) is 4.74 Å². The molecule has 0 aromatic heterocycles. The molecule has 2 saturated heterocycles. The molecule has 2 heterocycles. The van der Waals surface area contributed by atoms with E-state index in [4.69, 9.17) is 4.74 Å². The lowest BCUT2D eigenvalue weighted by Crippen LogP contribution is -2.50. The van der Waals surface area contributed by atoms with E-state index in [-0.39, 0.29) is 12.1 Å². The van der Waals surface area contributed by atoms with E-state index in [0.717, 1.165) is 39.1 Å². The Kier molecular flexibility index (Phi) is 5.45. The average molecular weight is 269 g/mol. The van der Waals surface area contributed by atoms with Gasteiger partial charge in [0.2, 0.25) is 0 Å². The van der Waals surface area contributed by atoms with Gasteiger partial charge in [-0.25, -0.2) is 4.79 Å². The molecule has 2 unspecified atom stereocenters.